The van der Waals surface area contributed by atoms with Crippen LogP contribution >= 0.6 is 11.3 Å². The SMILES string of the molecule is Cc1ccc(NC(=O)C[NH+](C)[C@@H](C)c2nc3sc4c(c3c(=O)[nH]2)CC[C@@H](C)C4)cc1. The number of aryl methyl sites for hydroxylation is 2. The van der Waals surface area contributed by atoms with Crippen LogP contribution in [0.4, 0.5) is 5.69 Å². The molecule has 0 saturated heterocycles. The normalized spacial score (nSPS) is 18.1. The smallest absolute Gasteiger partial charge is 0.279 e. The summed E-state index contributed by atoms with van der Waals surface area (Å²) in [6.07, 6.45) is 3.12. The van der Waals surface area contributed by atoms with Crippen LogP contribution in [0.25, 0.3) is 10.2 Å². The van der Waals surface area contributed by atoms with Crippen LogP contribution in [0.5, 0.6) is 0 Å². The lowest BCUT2D eigenvalue weighted by Crippen LogP contribution is -3.10. The van der Waals surface area contributed by atoms with Crippen molar-refractivity contribution in [2.24, 2.45) is 5.92 Å². The van der Waals surface area contributed by atoms with E-state index in [4.69, 9.17) is 4.98 Å². The first-order valence-corrected chi connectivity index (χ1v) is 11.4. The van der Waals surface area contributed by atoms with Crippen molar-refractivity contribution in [3.63, 3.8) is 0 Å². The van der Waals surface area contributed by atoms with Gasteiger partial charge in [0.1, 0.15) is 10.9 Å². The molecule has 3 aromatic rings. The molecule has 1 amide bonds. The fraction of sp³-hybridized carbons (Fsp3) is 0.435. The largest absolute Gasteiger partial charge is 0.321 e. The number of hydrogen-bond donors (Lipinski definition) is 3. The fourth-order valence-electron chi connectivity index (χ4n) is 4.05. The number of benzene rings is 1. The molecule has 1 aromatic carbocycles. The van der Waals surface area contributed by atoms with Gasteiger partial charge in [0.25, 0.3) is 11.5 Å². The van der Waals surface area contributed by atoms with Crippen molar-refractivity contribution < 1.29 is 9.69 Å². The van der Waals surface area contributed by atoms with Crippen LogP contribution in [0.15, 0.2) is 29.1 Å². The third-order valence-electron chi connectivity index (χ3n) is 6.11. The number of nitrogens with zero attached hydrogens (tertiary/aromatic N) is 1. The van der Waals surface area contributed by atoms with Crippen molar-refractivity contribution in [3.05, 3.63) is 56.4 Å². The maximum atomic E-state index is 12.9. The number of amides is 1. The second-order valence-corrected chi connectivity index (χ2v) is 9.73. The molecule has 0 radical (unpaired) electrons. The molecule has 1 aliphatic rings. The van der Waals surface area contributed by atoms with Gasteiger partial charge in [0, 0.05) is 10.6 Å². The summed E-state index contributed by atoms with van der Waals surface area (Å²) >= 11 is 1.66. The molecule has 1 aliphatic carbocycles. The second kappa shape index (κ2) is 8.32. The maximum absolute atomic E-state index is 12.9. The Balaban J connectivity index is 1.50. The molecule has 2 aromatic heterocycles. The molecular weight excluding hydrogens is 396 g/mol. The van der Waals surface area contributed by atoms with E-state index in [2.05, 4.69) is 17.2 Å². The van der Waals surface area contributed by atoms with Gasteiger partial charge in [-0.3, -0.25) is 9.59 Å². The van der Waals surface area contributed by atoms with Gasteiger partial charge in [-0.15, -0.1) is 11.3 Å². The van der Waals surface area contributed by atoms with E-state index in [0.717, 1.165) is 45.6 Å². The van der Waals surface area contributed by atoms with Crippen LogP contribution in [-0.4, -0.2) is 29.5 Å². The number of H-pyrrole nitrogens is 1. The minimum atomic E-state index is -0.107. The number of rotatable bonds is 5. The number of thiophene rings is 1. The Morgan fingerprint density at radius 2 is 2.10 bits per heavy atom. The first kappa shape index (κ1) is 20.8. The van der Waals surface area contributed by atoms with E-state index in [1.165, 1.54) is 10.4 Å². The number of aromatic nitrogens is 2. The van der Waals surface area contributed by atoms with Gasteiger partial charge in [-0.1, -0.05) is 24.6 Å². The van der Waals surface area contributed by atoms with Gasteiger partial charge in [0.2, 0.25) is 0 Å². The third kappa shape index (κ3) is 4.18. The second-order valence-electron chi connectivity index (χ2n) is 8.64. The monoisotopic (exact) mass is 425 g/mol. The molecule has 158 valence electrons. The van der Waals surface area contributed by atoms with E-state index in [1.807, 2.05) is 45.2 Å². The Kier molecular flexibility index (Phi) is 5.75. The number of anilines is 1. The number of carbonyl (C=O) groups excluding carboxylic acids is 1. The molecule has 0 fully saturated rings. The highest BCUT2D eigenvalue weighted by Crippen LogP contribution is 2.35. The van der Waals surface area contributed by atoms with Crippen molar-refractivity contribution in [2.45, 2.75) is 46.1 Å². The van der Waals surface area contributed by atoms with Crippen molar-refractivity contribution in [3.8, 4) is 0 Å². The summed E-state index contributed by atoms with van der Waals surface area (Å²) in [7, 11) is 1.95. The zero-order chi connectivity index (χ0) is 21.4. The Morgan fingerprint density at radius 3 is 2.83 bits per heavy atom. The van der Waals surface area contributed by atoms with E-state index in [-0.39, 0.29) is 24.1 Å². The van der Waals surface area contributed by atoms with E-state index in [1.54, 1.807) is 11.3 Å². The number of hydrogen-bond acceptors (Lipinski definition) is 4. The van der Waals surface area contributed by atoms with Crippen molar-refractivity contribution in [1.82, 2.24) is 9.97 Å². The van der Waals surface area contributed by atoms with Gasteiger partial charge in [-0.05, 0) is 56.7 Å². The standard InChI is InChI=1S/C23H28N4O2S/c1-13-5-8-16(9-6-13)24-19(28)12-27(4)15(3)21-25-22(29)20-17-10-7-14(2)11-18(17)30-23(20)26-21/h5-6,8-9,14-15H,7,10-12H2,1-4H3,(H,24,28)(H,25,26,29)/p+1/t14-,15+/m1/s1. The van der Waals surface area contributed by atoms with Crippen LogP contribution in [0, 0.1) is 12.8 Å². The highest BCUT2D eigenvalue weighted by molar-refractivity contribution is 7.18. The lowest BCUT2D eigenvalue weighted by atomic mass is 9.89. The van der Waals surface area contributed by atoms with Crippen molar-refractivity contribution in [2.75, 3.05) is 18.9 Å². The van der Waals surface area contributed by atoms with Crippen LogP contribution in [0.3, 0.4) is 0 Å². The third-order valence-corrected chi connectivity index (χ3v) is 7.26. The minimum Gasteiger partial charge on any atom is -0.321 e. The summed E-state index contributed by atoms with van der Waals surface area (Å²) in [6, 6.07) is 7.64. The summed E-state index contributed by atoms with van der Waals surface area (Å²) in [5, 5.41) is 3.71. The number of carbonyl (C=O) groups is 1. The van der Waals surface area contributed by atoms with E-state index in [0.29, 0.717) is 11.7 Å². The van der Waals surface area contributed by atoms with Crippen molar-refractivity contribution in [1.29, 1.82) is 0 Å². The van der Waals surface area contributed by atoms with Crippen LogP contribution in [-0.2, 0) is 17.6 Å². The van der Waals surface area contributed by atoms with E-state index in [9.17, 15) is 9.59 Å². The molecule has 1 unspecified atom stereocenters. The average molecular weight is 426 g/mol. The van der Waals surface area contributed by atoms with Gasteiger partial charge in [0.05, 0.1) is 12.4 Å². The van der Waals surface area contributed by atoms with Gasteiger partial charge in [0.15, 0.2) is 12.4 Å². The van der Waals surface area contributed by atoms with E-state index >= 15 is 0 Å². The quantitative estimate of drug-likeness (QED) is 0.588. The fourth-order valence-corrected chi connectivity index (χ4v) is 5.44. The Hall–Kier alpha value is -2.51. The number of likely N-dealkylation sites (N-methyl/N-ethyl adjacent to an activating group) is 1. The molecule has 0 spiro atoms. The summed E-state index contributed by atoms with van der Waals surface area (Å²) in [5.74, 6) is 1.23. The zero-order valence-corrected chi connectivity index (χ0v) is 18.8. The summed E-state index contributed by atoms with van der Waals surface area (Å²) in [6.45, 7) is 6.56. The molecule has 7 heteroatoms. The van der Waals surface area contributed by atoms with Crippen molar-refractivity contribution >= 4 is 33.1 Å². The minimum absolute atomic E-state index is 0.0502. The Labute approximate surface area is 180 Å². The van der Waals surface area contributed by atoms with Gasteiger partial charge in [-0.25, -0.2) is 4.98 Å². The first-order chi connectivity index (χ1) is 14.3. The highest BCUT2D eigenvalue weighted by Gasteiger charge is 2.26. The lowest BCUT2D eigenvalue weighted by molar-refractivity contribution is -0.902. The topological polar surface area (TPSA) is 79.3 Å². The number of quaternary nitrogens is 1. The van der Waals surface area contributed by atoms with E-state index < -0.39 is 0 Å². The van der Waals surface area contributed by atoms with Crippen LogP contribution < -0.4 is 15.8 Å². The van der Waals surface area contributed by atoms with Gasteiger partial charge >= 0.3 is 0 Å². The predicted molar refractivity (Wildman–Crippen MR) is 121 cm³/mol. The Morgan fingerprint density at radius 1 is 1.37 bits per heavy atom. The molecule has 3 atom stereocenters. The predicted octanol–water partition coefficient (Wildman–Crippen LogP) is 2.63. The summed E-state index contributed by atoms with van der Waals surface area (Å²) < 4.78 is 0. The molecule has 0 saturated carbocycles. The molecule has 0 aliphatic heterocycles. The Bertz CT molecular complexity index is 1130. The molecule has 4 rings (SSSR count). The molecule has 2 heterocycles. The summed E-state index contributed by atoms with van der Waals surface area (Å²) in [5.41, 5.74) is 3.09. The highest BCUT2D eigenvalue weighted by atomic mass is 32.1. The molecular formula is C23H29N4O2S+. The summed E-state index contributed by atoms with van der Waals surface area (Å²) in [4.78, 5) is 36.2. The maximum Gasteiger partial charge on any atom is 0.279 e. The van der Waals surface area contributed by atoms with Gasteiger partial charge in [-0.2, -0.15) is 0 Å². The molecule has 30 heavy (non-hydrogen) atoms. The number of aromatic amines is 1. The average Bonchev–Trinajstić information content (AvgIpc) is 3.06. The lowest BCUT2D eigenvalue weighted by Gasteiger charge is -2.20. The number of nitrogens with one attached hydrogen (secondary N) is 3. The number of fused-ring (bicyclic) bond motifs is 3. The van der Waals surface area contributed by atoms with Crippen LogP contribution in [0.2, 0.25) is 0 Å². The zero-order valence-electron chi connectivity index (χ0n) is 18.0. The first-order valence-electron chi connectivity index (χ1n) is 10.5. The van der Waals surface area contributed by atoms with Gasteiger partial charge < -0.3 is 15.2 Å². The molecule has 0 bridgehead atoms. The van der Waals surface area contributed by atoms with Crippen LogP contribution in [0.1, 0.15) is 48.1 Å². The molecule has 3 N–H and O–H groups in total. The molecule has 6 nitrogen and oxygen atoms in total.